The van der Waals surface area contributed by atoms with Gasteiger partial charge in [0.2, 0.25) is 5.91 Å². The summed E-state index contributed by atoms with van der Waals surface area (Å²) in [6.07, 6.45) is 0. The van der Waals surface area contributed by atoms with Crippen molar-refractivity contribution in [2.24, 2.45) is 0 Å². The summed E-state index contributed by atoms with van der Waals surface area (Å²) in [5, 5.41) is 6.61. The standard InChI is InChI=1S/C19H19Cl2N3O3/c20-14-3-6-17(16(21)11-14)23-18(25)12-22-15-4-1-13(2-5-15)19(26)24-7-9-27-10-8-24/h1-6,11,22H,7-10,12H2,(H,23,25). The number of morpholine rings is 1. The average Bonchev–Trinajstić information content (AvgIpc) is 2.69. The van der Waals surface area contributed by atoms with Gasteiger partial charge in [0, 0.05) is 29.4 Å². The fourth-order valence-corrected chi connectivity index (χ4v) is 3.10. The number of ether oxygens (including phenoxy) is 1. The van der Waals surface area contributed by atoms with Crippen molar-refractivity contribution in [2.45, 2.75) is 0 Å². The summed E-state index contributed by atoms with van der Waals surface area (Å²) >= 11 is 11.9. The van der Waals surface area contributed by atoms with Crippen LogP contribution in [0.3, 0.4) is 0 Å². The van der Waals surface area contributed by atoms with Crippen LogP contribution in [0.2, 0.25) is 10.0 Å². The monoisotopic (exact) mass is 407 g/mol. The second-order valence-electron chi connectivity index (χ2n) is 6.01. The number of hydrogen-bond acceptors (Lipinski definition) is 4. The van der Waals surface area contributed by atoms with Crippen molar-refractivity contribution in [3.63, 3.8) is 0 Å². The lowest BCUT2D eigenvalue weighted by atomic mass is 10.1. The summed E-state index contributed by atoms with van der Waals surface area (Å²) in [5.74, 6) is -0.257. The van der Waals surface area contributed by atoms with E-state index in [9.17, 15) is 9.59 Å². The van der Waals surface area contributed by atoms with Crippen molar-refractivity contribution in [2.75, 3.05) is 43.5 Å². The molecule has 6 nitrogen and oxygen atoms in total. The Hall–Kier alpha value is -2.28. The minimum Gasteiger partial charge on any atom is -0.378 e. The molecule has 2 amide bonds. The first kappa shape index (κ1) is 19.5. The van der Waals surface area contributed by atoms with Crippen LogP contribution < -0.4 is 10.6 Å². The Bertz CT molecular complexity index is 821. The maximum absolute atomic E-state index is 12.4. The highest BCUT2D eigenvalue weighted by atomic mass is 35.5. The molecule has 8 heteroatoms. The van der Waals surface area contributed by atoms with Crippen molar-refractivity contribution in [3.05, 3.63) is 58.1 Å². The molecule has 27 heavy (non-hydrogen) atoms. The lowest BCUT2D eigenvalue weighted by Gasteiger charge is -2.26. The van der Waals surface area contributed by atoms with Crippen LogP contribution in [0.25, 0.3) is 0 Å². The summed E-state index contributed by atoms with van der Waals surface area (Å²) in [6.45, 7) is 2.41. The van der Waals surface area contributed by atoms with E-state index in [0.29, 0.717) is 47.6 Å². The van der Waals surface area contributed by atoms with Crippen molar-refractivity contribution in [3.8, 4) is 0 Å². The number of benzene rings is 2. The molecular formula is C19H19Cl2N3O3. The Morgan fingerprint density at radius 2 is 1.74 bits per heavy atom. The molecule has 0 saturated carbocycles. The molecule has 0 unspecified atom stereocenters. The number of hydrogen-bond donors (Lipinski definition) is 2. The van der Waals surface area contributed by atoms with Gasteiger partial charge in [-0.15, -0.1) is 0 Å². The molecule has 0 spiro atoms. The van der Waals surface area contributed by atoms with Crippen LogP contribution in [-0.4, -0.2) is 49.6 Å². The van der Waals surface area contributed by atoms with Crippen LogP contribution in [0, 0.1) is 0 Å². The van der Waals surface area contributed by atoms with E-state index >= 15 is 0 Å². The summed E-state index contributed by atoms with van der Waals surface area (Å²) in [7, 11) is 0. The van der Waals surface area contributed by atoms with E-state index in [1.54, 1.807) is 47.4 Å². The zero-order valence-electron chi connectivity index (χ0n) is 14.5. The SMILES string of the molecule is O=C(CNc1ccc(C(=O)N2CCOCC2)cc1)Nc1ccc(Cl)cc1Cl. The van der Waals surface area contributed by atoms with E-state index in [1.807, 2.05) is 0 Å². The van der Waals surface area contributed by atoms with Crippen LogP contribution in [0.15, 0.2) is 42.5 Å². The molecule has 0 bridgehead atoms. The number of nitrogens with zero attached hydrogens (tertiary/aromatic N) is 1. The molecule has 0 atom stereocenters. The molecular weight excluding hydrogens is 389 g/mol. The normalized spacial score (nSPS) is 13.9. The number of nitrogens with one attached hydrogen (secondary N) is 2. The molecule has 0 aliphatic carbocycles. The third kappa shape index (κ3) is 5.35. The zero-order chi connectivity index (χ0) is 19.2. The highest BCUT2D eigenvalue weighted by molar-refractivity contribution is 6.36. The van der Waals surface area contributed by atoms with E-state index in [0.717, 1.165) is 5.69 Å². The van der Waals surface area contributed by atoms with Gasteiger partial charge in [-0.2, -0.15) is 0 Å². The average molecular weight is 408 g/mol. The van der Waals surface area contributed by atoms with Crippen LogP contribution in [0.4, 0.5) is 11.4 Å². The molecule has 1 heterocycles. The molecule has 1 aliphatic heterocycles. The second-order valence-corrected chi connectivity index (χ2v) is 6.85. The third-order valence-electron chi connectivity index (χ3n) is 4.09. The van der Waals surface area contributed by atoms with Gasteiger partial charge in [0.15, 0.2) is 0 Å². The van der Waals surface area contributed by atoms with Gasteiger partial charge in [0.25, 0.3) is 5.91 Å². The molecule has 2 aromatic carbocycles. The van der Waals surface area contributed by atoms with E-state index in [1.165, 1.54) is 0 Å². The largest absolute Gasteiger partial charge is 0.378 e. The van der Waals surface area contributed by atoms with Gasteiger partial charge < -0.3 is 20.3 Å². The van der Waals surface area contributed by atoms with Crippen LogP contribution >= 0.6 is 23.2 Å². The number of rotatable bonds is 5. The second kappa shape index (κ2) is 9.08. The van der Waals surface area contributed by atoms with E-state index in [2.05, 4.69) is 10.6 Å². The molecule has 2 N–H and O–H groups in total. The molecule has 1 aliphatic rings. The van der Waals surface area contributed by atoms with Crippen molar-refractivity contribution in [1.29, 1.82) is 0 Å². The maximum atomic E-state index is 12.4. The first-order chi connectivity index (χ1) is 13.0. The first-order valence-electron chi connectivity index (χ1n) is 8.49. The van der Waals surface area contributed by atoms with Gasteiger partial charge in [-0.25, -0.2) is 0 Å². The first-order valence-corrected chi connectivity index (χ1v) is 9.24. The quantitative estimate of drug-likeness (QED) is 0.795. The molecule has 1 fully saturated rings. The Labute approximate surface area is 167 Å². The molecule has 2 aromatic rings. The van der Waals surface area contributed by atoms with E-state index in [-0.39, 0.29) is 18.4 Å². The van der Waals surface area contributed by atoms with Crippen molar-refractivity contribution in [1.82, 2.24) is 4.90 Å². The molecule has 0 radical (unpaired) electrons. The predicted octanol–water partition coefficient (Wildman–Crippen LogP) is 3.52. The Morgan fingerprint density at radius 3 is 2.41 bits per heavy atom. The minimum atomic E-state index is -0.243. The van der Waals surface area contributed by atoms with Crippen LogP contribution in [0.5, 0.6) is 0 Å². The third-order valence-corrected chi connectivity index (χ3v) is 4.64. The van der Waals surface area contributed by atoms with Crippen LogP contribution in [-0.2, 0) is 9.53 Å². The zero-order valence-corrected chi connectivity index (χ0v) is 16.0. The Morgan fingerprint density at radius 1 is 1.04 bits per heavy atom. The molecule has 1 saturated heterocycles. The van der Waals surface area contributed by atoms with Gasteiger partial charge in [-0.3, -0.25) is 9.59 Å². The lowest BCUT2D eigenvalue weighted by Crippen LogP contribution is -2.40. The van der Waals surface area contributed by atoms with E-state index < -0.39 is 0 Å². The molecule has 3 rings (SSSR count). The van der Waals surface area contributed by atoms with Crippen LogP contribution in [0.1, 0.15) is 10.4 Å². The number of carbonyl (C=O) groups excluding carboxylic acids is 2. The van der Waals surface area contributed by atoms with Gasteiger partial charge in [0.1, 0.15) is 0 Å². The molecule has 142 valence electrons. The fraction of sp³-hybridized carbons (Fsp3) is 0.263. The summed E-state index contributed by atoms with van der Waals surface area (Å²) < 4.78 is 5.26. The smallest absolute Gasteiger partial charge is 0.254 e. The van der Waals surface area contributed by atoms with Crippen molar-refractivity contribution >= 4 is 46.4 Å². The topological polar surface area (TPSA) is 70.7 Å². The van der Waals surface area contributed by atoms with Gasteiger partial charge in [0.05, 0.1) is 30.5 Å². The molecule has 0 aromatic heterocycles. The highest BCUT2D eigenvalue weighted by Crippen LogP contribution is 2.25. The number of carbonyl (C=O) groups is 2. The number of amides is 2. The van der Waals surface area contributed by atoms with Gasteiger partial charge >= 0.3 is 0 Å². The number of halogens is 2. The predicted molar refractivity (Wildman–Crippen MR) is 107 cm³/mol. The lowest BCUT2D eigenvalue weighted by molar-refractivity contribution is -0.114. The minimum absolute atomic E-state index is 0.0139. The Balaban J connectivity index is 1.52. The van der Waals surface area contributed by atoms with E-state index in [4.69, 9.17) is 27.9 Å². The van der Waals surface area contributed by atoms with Gasteiger partial charge in [-0.05, 0) is 42.5 Å². The van der Waals surface area contributed by atoms with Crippen molar-refractivity contribution < 1.29 is 14.3 Å². The summed E-state index contributed by atoms with van der Waals surface area (Å²) in [4.78, 5) is 26.2. The van der Waals surface area contributed by atoms with Gasteiger partial charge in [-0.1, -0.05) is 23.2 Å². The Kier molecular flexibility index (Phi) is 6.55. The maximum Gasteiger partial charge on any atom is 0.254 e. The highest BCUT2D eigenvalue weighted by Gasteiger charge is 2.18. The number of anilines is 2. The fourth-order valence-electron chi connectivity index (χ4n) is 2.65. The summed E-state index contributed by atoms with van der Waals surface area (Å²) in [5.41, 5.74) is 1.85. The summed E-state index contributed by atoms with van der Waals surface area (Å²) in [6, 6.07) is 11.9.